The quantitative estimate of drug-likeness (QED) is 0.122. The van der Waals surface area contributed by atoms with Crippen molar-refractivity contribution >= 4 is 23.4 Å². The number of carbonyl (C=O) groups is 2. The number of methoxy groups -OCH3 is 2. The van der Waals surface area contributed by atoms with Crippen molar-refractivity contribution in [1.29, 1.82) is 0 Å². The van der Waals surface area contributed by atoms with E-state index in [-0.39, 0.29) is 41.5 Å². The normalized spacial score (nSPS) is 18.5. The van der Waals surface area contributed by atoms with Crippen molar-refractivity contribution in [2.24, 2.45) is 11.8 Å². The van der Waals surface area contributed by atoms with E-state index in [2.05, 4.69) is 9.97 Å². The van der Waals surface area contributed by atoms with Crippen LogP contribution in [0.25, 0.3) is 11.4 Å². The third kappa shape index (κ3) is 10.0. The molecule has 0 radical (unpaired) electrons. The van der Waals surface area contributed by atoms with Gasteiger partial charge >= 0.3 is 0 Å². The monoisotopic (exact) mass is 892 g/mol. The van der Waals surface area contributed by atoms with E-state index >= 15 is 0 Å². The summed E-state index contributed by atoms with van der Waals surface area (Å²) in [5.74, 6) is -0.258. The first kappa shape index (κ1) is 46.0. The van der Waals surface area contributed by atoms with E-state index in [0.29, 0.717) is 36.6 Å². The number of amides is 2. The number of aromatic nitrogens is 4. The number of aliphatic hydroxyl groups excluding tert-OH is 1. The molecule has 11 nitrogen and oxygen atoms in total. The molecule has 14 heteroatoms. The largest absolute Gasteiger partial charge is 0.495 e. The maximum atomic E-state index is 13.4. The van der Waals surface area contributed by atoms with Crippen LogP contribution >= 0.6 is 11.6 Å². The predicted octanol–water partition coefficient (Wildman–Crippen LogP) is 9.97. The van der Waals surface area contributed by atoms with Crippen LogP contribution in [0.15, 0.2) is 110 Å². The maximum absolute atomic E-state index is 13.4. The minimum Gasteiger partial charge on any atom is -0.495 e. The van der Waals surface area contributed by atoms with Crippen LogP contribution in [-0.4, -0.2) is 73.1 Å². The molecule has 4 unspecified atom stereocenters. The van der Waals surface area contributed by atoms with Crippen LogP contribution in [0.2, 0.25) is 0 Å². The molecule has 0 saturated carbocycles. The average Bonchev–Trinajstić information content (AvgIpc) is 3.96. The summed E-state index contributed by atoms with van der Waals surface area (Å²) in [5.41, 5.74) is 6.74. The minimum absolute atomic E-state index is 0.0290. The van der Waals surface area contributed by atoms with E-state index in [1.54, 1.807) is 62.1 Å². The van der Waals surface area contributed by atoms with E-state index in [4.69, 9.17) is 21.1 Å². The van der Waals surface area contributed by atoms with Crippen molar-refractivity contribution in [3.05, 3.63) is 155 Å². The zero-order chi connectivity index (χ0) is 45.7. The Labute approximate surface area is 378 Å². The fourth-order valence-corrected chi connectivity index (χ4v) is 9.14. The van der Waals surface area contributed by atoms with E-state index in [1.807, 2.05) is 84.5 Å². The Balaban J connectivity index is 0.000000191. The van der Waals surface area contributed by atoms with Crippen molar-refractivity contribution in [3.63, 3.8) is 0 Å². The number of hydrogen-bond donors (Lipinski definition) is 1. The Bertz CT molecular complexity index is 2370. The second-order valence-corrected chi connectivity index (χ2v) is 17.0. The molecule has 64 heavy (non-hydrogen) atoms. The van der Waals surface area contributed by atoms with Crippen LogP contribution in [0, 0.1) is 37.3 Å². The van der Waals surface area contributed by atoms with Crippen molar-refractivity contribution in [3.8, 4) is 22.9 Å². The molecule has 6 aromatic rings. The number of aryl methyl sites for hydroxylation is 2. The molecule has 2 amide bonds. The third-order valence-electron chi connectivity index (χ3n) is 12.5. The molecule has 0 spiro atoms. The molecule has 2 saturated heterocycles. The molecule has 2 aliphatic heterocycles. The lowest BCUT2D eigenvalue weighted by atomic mass is 9.86. The van der Waals surface area contributed by atoms with Gasteiger partial charge in [-0.1, -0.05) is 36.4 Å². The third-order valence-corrected chi connectivity index (χ3v) is 13.0. The smallest absolute Gasteiger partial charge is 0.229 e. The topological polar surface area (TPSA) is 115 Å². The number of carbonyl (C=O) groups excluding carboxylic acids is 2. The highest BCUT2D eigenvalue weighted by Gasteiger charge is 2.38. The summed E-state index contributed by atoms with van der Waals surface area (Å²) < 4.78 is 41.5. The van der Waals surface area contributed by atoms with E-state index in [9.17, 15) is 23.5 Å². The zero-order valence-corrected chi connectivity index (χ0v) is 37.8. The van der Waals surface area contributed by atoms with Crippen molar-refractivity contribution < 1.29 is 33.0 Å². The van der Waals surface area contributed by atoms with E-state index in [0.717, 1.165) is 58.7 Å². The lowest BCUT2D eigenvalue weighted by molar-refractivity contribution is -0.145. The van der Waals surface area contributed by atoms with Crippen molar-refractivity contribution in [2.75, 3.05) is 27.3 Å². The molecule has 0 bridgehead atoms. The minimum atomic E-state index is -0.946. The predicted molar refractivity (Wildman–Crippen MR) is 242 cm³/mol. The average molecular weight is 893 g/mol. The van der Waals surface area contributed by atoms with Gasteiger partial charge in [-0.3, -0.25) is 9.59 Å². The summed E-state index contributed by atoms with van der Waals surface area (Å²) in [7, 11) is 3.20. The van der Waals surface area contributed by atoms with E-state index in [1.165, 1.54) is 24.3 Å². The highest BCUT2D eigenvalue weighted by atomic mass is 35.5. The molecule has 4 heterocycles. The van der Waals surface area contributed by atoms with Gasteiger partial charge in [0.25, 0.3) is 0 Å². The first-order valence-electron chi connectivity index (χ1n) is 21.6. The summed E-state index contributed by atoms with van der Waals surface area (Å²) >= 11 is 6.88. The van der Waals surface area contributed by atoms with Crippen molar-refractivity contribution in [1.82, 2.24) is 28.9 Å². The fourth-order valence-electron chi connectivity index (χ4n) is 8.77. The number of imidazole rings is 2. The number of hydrogen-bond acceptors (Lipinski definition) is 7. The standard InChI is InChI=1S/C25H27ClFN3O2.C25H28FN3O3/c1-16-14-29(15-28-16)22-11-8-19(13-23(22)32-3)24(26)21-5-4-12-30(25(21)31)17(2)18-6-9-20(27)10-7-18;1-16-14-28(15-27-16)22-11-8-19(13-23(22)32-3)24(30)21-5-4-12-29(25(21)31)17(2)18-6-9-20(26)10-7-18/h6-11,13-15,17,21,24H,4-5,12H2,1-3H3;6-11,13-15,17,21,24,30H,4-5,12H2,1-3H3/t2*17-,21?,24?/m00/s1. The molecule has 4 aromatic carbocycles. The van der Waals surface area contributed by atoms with Gasteiger partial charge in [0.05, 0.1) is 85.0 Å². The van der Waals surface area contributed by atoms with E-state index < -0.39 is 17.4 Å². The van der Waals surface area contributed by atoms with Gasteiger partial charge in [-0.2, -0.15) is 0 Å². The number of ether oxygens (including phenoxy) is 2. The maximum Gasteiger partial charge on any atom is 0.229 e. The molecule has 1 N–H and O–H groups in total. The number of benzene rings is 4. The van der Waals surface area contributed by atoms with Gasteiger partial charge < -0.3 is 33.5 Å². The Morgan fingerprint density at radius 2 is 1.05 bits per heavy atom. The summed E-state index contributed by atoms with van der Waals surface area (Å²) in [6.07, 6.45) is 9.33. The number of alkyl halides is 1. The van der Waals surface area contributed by atoms with Crippen LogP contribution in [0.3, 0.4) is 0 Å². The molecule has 336 valence electrons. The summed E-state index contributed by atoms with van der Waals surface area (Å²) in [6, 6.07) is 23.5. The van der Waals surface area contributed by atoms with Gasteiger partial charge in [0.15, 0.2) is 0 Å². The summed E-state index contributed by atoms with van der Waals surface area (Å²) in [5, 5.41) is 10.7. The molecular weight excluding hydrogens is 838 g/mol. The lowest BCUT2D eigenvalue weighted by Gasteiger charge is -2.38. The molecule has 2 fully saturated rings. The second-order valence-electron chi connectivity index (χ2n) is 16.6. The molecule has 2 aliphatic rings. The molecule has 6 atom stereocenters. The van der Waals surface area contributed by atoms with Crippen molar-refractivity contribution in [2.45, 2.75) is 76.9 Å². The number of nitrogens with zero attached hydrogens (tertiary/aromatic N) is 6. The van der Waals surface area contributed by atoms with Crippen LogP contribution in [-0.2, 0) is 9.59 Å². The van der Waals surface area contributed by atoms with Gasteiger partial charge in [-0.05, 0) is 124 Å². The SMILES string of the molecule is COc1cc(C(Cl)C2CCCN([C@@H](C)c3ccc(F)cc3)C2=O)ccc1-n1cnc(C)c1.COc1cc(C(O)C2CCCN([C@@H](C)c3ccc(F)cc3)C2=O)ccc1-n1cnc(C)c1. The Morgan fingerprint density at radius 1 is 0.641 bits per heavy atom. The fraction of sp³-hybridized carbons (Fsp3) is 0.360. The highest BCUT2D eigenvalue weighted by molar-refractivity contribution is 6.22. The Kier molecular flexibility index (Phi) is 14.5. The number of likely N-dealkylation sites (tertiary alicyclic amines) is 2. The highest BCUT2D eigenvalue weighted by Crippen LogP contribution is 2.41. The number of aliphatic hydroxyl groups is 1. The lowest BCUT2D eigenvalue weighted by Crippen LogP contribution is -2.44. The Hall–Kier alpha value is -6.05. The Morgan fingerprint density at radius 3 is 1.48 bits per heavy atom. The first-order chi connectivity index (χ1) is 30.8. The van der Waals surface area contributed by atoms with Crippen LogP contribution in [0.5, 0.6) is 11.5 Å². The number of halogens is 3. The first-order valence-corrected chi connectivity index (χ1v) is 22.0. The number of piperidine rings is 2. The van der Waals surface area contributed by atoms with Gasteiger partial charge in [0.1, 0.15) is 23.1 Å². The molecule has 2 aromatic heterocycles. The van der Waals surface area contributed by atoms with Crippen LogP contribution in [0.1, 0.15) is 96.7 Å². The van der Waals surface area contributed by atoms with Gasteiger partial charge in [-0.15, -0.1) is 11.6 Å². The molecule has 0 aliphatic carbocycles. The van der Waals surface area contributed by atoms with Gasteiger partial charge in [0, 0.05) is 25.5 Å². The summed E-state index contributed by atoms with van der Waals surface area (Å²) in [4.78, 5) is 38.9. The zero-order valence-electron chi connectivity index (χ0n) is 37.0. The summed E-state index contributed by atoms with van der Waals surface area (Å²) in [6.45, 7) is 9.03. The van der Waals surface area contributed by atoms with Gasteiger partial charge in [0.2, 0.25) is 11.8 Å². The molecule has 8 rings (SSSR count). The molecular formula is C50H55ClF2N6O5. The number of rotatable bonds is 12. The van der Waals surface area contributed by atoms with Crippen LogP contribution in [0.4, 0.5) is 8.78 Å². The van der Waals surface area contributed by atoms with Crippen LogP contribution < -0.4 is 9.47 Å². The van der Waals surface area contributed by atoms with Gasteiger partial charge in [-0.25, -0.2) is 18.7 Å². The second kappa shape index (κ2) is 20.2.